The Hall–Kier alpha value is -0.410. The molecule has 2 N–H and O–H groups in total. The van der Waals surface area contributed by atoms with Crippen LogP contribution in [0.2, 0.25) is 0 Å². The van der Waals surface area contributed by atoms with Gasteiger partial charge in [-0.2, -0.15) is 0 Å². The summed E-state index contributed by atoms with van der Waals surface area (Å²) < 4.78 is 0. The molecule has 0 saturated carbocycles. The smallest absolute Gasteiger partial charge is 0.0937 e. The largest absolute Gasteiger partial charge is 0.323 e. The number of fused-ring (bicyclic) bond motifs is 1. The number of nitrogens with two attached hydrogens (primary N) is 1. The van der Waals surface area contributed by atoms with Crippen LogP contribution in [-0.2, 0) is 12.8 Å². The lowest BCUT2D eigenvalue weighted by Gasteiger charge is -2.16. The zero-order valence-electron chi connectivity index (χ0n) is 9.84. The Bertz CT molecular complexity index is 349. The molecular formula is C12H20N2S. The van der Waals surface area contributed by atoms with Crippen LogP contribution in [0.25, 0.3) is 0 Å². The minimum absolute atomic E-state index is 0.193. The first-order valence-corrected chi connectivity index (χ1v) is 6.51. The van der Waals surface area contributed by atoms with Crippen molar-refractivity contribution in [2.24, 2.45) is 11.1 Å². The normalized spacial score (nSPS) is 21.5. The molecule has 1 atom stereocenters. The Morgan fingerprint density at radius 3 is 2.80 bits per heavy atom. The van der Waals surface area contributed by atoms with Gasteiger partial charge in [0, 0.05) is 17.3 Å². The first kappa shape index (κ1) is 11.1. The molecule has 1 aliphatic rings. The van der Waals surface area contributed by atoms with Crippen LogP contribution >= 0.6 is 11.3 Å². The van der Waals surface area contributed by atoms with Crippen molar-refractivity contribution in [2.45, 2.75) is 52.5 Å². The van der Waals surface area contributed by atoms with Crippen molar-refractivity contribution in [1.29, 1.82) is 0 Å². The van der Waals surface area contributed by atoms with Crippen LogP contribution in [0.1, 0.15) is 55.2 Å². The molecule has 84 valence electrons. The van der Waals surface area contributed by atoms with Crippen LogP contribution in [0, 0.1) is 5.41 Å². The average molecular weight is 224 g/mol. The molecule has 0 saturated heterocycles. The van der Waals surface area contributed by atoms with E-state index in [2.05, 4.69) is 20.8 Å². The van der Waals surface area contributed by atoms with Gasteiger partial charge in [-0.25, -0.2) is 4.98 Å². The molecule has 15 heavy (non-hydrogen) atoms. The van der Waals surface area contributed by atoms with Crippen molar-refractivity contribution in [3.05, 3.63) is 15.6 Å². The number of thiazole rings is 1. The summed E-state index contributed by atoms with van der Waals surface area (Å²) in [6.45, 7) is 6.77. The number of hydrogen-bond acceptors (Lipinski definition) is 3. The van der Waals surface area contributed by atoms with E-state index >= 15 is 0 Å². The highest BCUT2D eigenvalue weighted by molar-refractivity contribution is 7.11. The van der Waals surface area contributed by atoms with E-state index in [4.69, 9.17) is 10.7 Å². The topological polar surface area (TPSA) is 38.9 Å². The number of aromatic nitrogens is 1. The fraction of sp³-hybridized carbons (Fsp3) is 0.750. The molecular weight excluding hydrogens is 204 g/mol. The van der Waals surface area contributed by atoms with Gasteiger partial charge in [-0.15, -0.1) is 11.3 Å². The maximum Gasteiger partial charge on any atom is 0.0937 e. The fourth-order valence-corrected chi connectivity index (χ4v) is 3.51. The Labute approximate surface area is 95.9 Å². The minimum Gasteiger partial charge on any atom is -0.323 e. The van der Waals surface area contributed by atoms with Gasteiger partial charge in [-0.05, 0) is 24.7 Å². The van der Waals surface area contributed by atoms with E-state index in [0.717, 1.165) is 12.8 Å². The van der Waals surface area contributed by atoms with Crippen LogP contribution in [0.15, 0.2) is 0 Å². The number of rotatable bonds is 1. The summed E-state index contributed by atoms with van der Waals surface area (Å²) in [5.74, 6) is 0. The van der Waals surface area contributed by atoms with Crippen molar-refractivity contribution in [3.63, 3.8) is 0 Å². The van der Waals surface area contributed by atoms with Crippen molar-refractivity contribution in [3.8, 4) is 0 Å². The molecule has 0 bridgehead atoms. The molecule has 2 rings (SSSR count). The van der Waals surface area contributed by atoms with Crippen molar-refractivity contribution < 1.29 is 0 Å². The lowest BCUT2D eigenvalue weighted by atomic mass is 9.93. The number of nitrogens with zero attached hydrogens (tertiary/aromatic N) is 1. The second-order valence-corrected chi connectivity index (χ2v) is 6.82. The highest BCUT2D eigenvalue weighted by Gasteiger charge is 2.23. The first-order valence-electron chi connectivity index (χ1n) is 5.70. The maximum atomic E-state index is 6.07. The van der Waals surface area contributed by atoms with E-state index in [1.807, 2.05) is 11.3 Å². The number of aryl methyl sites for hydroxylation is 1. The molecule has 2 nitrogen and oxygen atoms in total. The minimum atomic E-state index is 0.193. The third-order valence-electron chi connectivity index (χ3n) is 2.72. The molecule has 1 unspecified atom stereocenters. The molecule has 0 aliphatic heterocycles. The van der Waals surface area contributed by atoms with Gasteiger partial charge in [-0.1, -0.05) is 20.8 Å². The van der Waals surface area contributed by atoms with Crippen LogP contribution in [0.4, 0.5) is 0 Å². The van der Waals surface area contributed by atoms with Crippen LogP contribution < -0.4 is 5.73 Å². The second kappa shape index (κ2) is 3.87. The van der Waals surface area contributed by atoms with E-state index in [0.29, 0.717) is 5.41 Å². The Morgan fingerprint density at radius 2 is 2.20 bits per heavy atom. The Kier molecular flexibility index (Phi) is 2.86. The van der Waals surface area contributed by atoms with E-state index < -0.39 is 0 Å². The zero-order valence-corrected chi connectivity index (χ0v) is 10.7. The van der Waals surface area contributed by atoms with Gasteiger partial charge in [0.05, 0.1) is 10.7 Å². The van der Waals surface area contributed by atoms with Gasteiger partial charge in [0.15, 0.2) is 0 Å². The van der Waals surface area contributed by atoms with Gasteiger partial charge >= 0.3 is 0 Å². The van der Waals surface area contributed by atoms with Crippen LogP contribution in [0.5, 0.6) is 0 Å². The summed E-state index contributed by atoms with van der Waals surface area (Å²) in [7, 11) is 0. The lowest BCUT2D eigenvalue weighted by molar-refractivity contribution is 0.409. The molecule has 0 amide bonds. The van der Waals surface area contributed by atoms with Gasteiger partial charge in [0.2, 0.25) is 0 Å². The fourth-order valence-electron chi connectivity index (χ4n) is 2.03. The summed E-state index contributed by atoms with van der Waals surface area (Å²) in [5.41, 5.74) is 7.58. The van der Waals surface area contributed by atoms with Crippen molar-refractivity contribution in [1.82, 2.24) is 4.98 Å². The predicted molar refractivity (Wildman–Crippen MR) is 65.1 cm³/mol. The molecule has 1 aromatic heterocycles. The quantitative estimate of drug-likeness (QED) is 0.796. The summed E-state index contributed by atoms with van der Waals surface area (Å²) in [6, 6.07) is 0.193. The highest BCUT2D eigenvalue weighted by atomic mass is 32.1. The molecule has 3 heteroatoms. The zero-order chi connectivity index (χ0) is 11.1. The van der Waals surface area contributed by atoms with Gasteiger partial charge < -0.3 is 5.73 Å². The predicted octanol–water partition coefficient (Wildman–Crippen LogP) is 3.07. The third kappa shape index (κ3) is 2.58. The molecule has 1 heterocycles. The molecule has 1 aromatic rings. The molecule has 0 spiro atoms. The number of hydrogen-bond donors (Lipinski definition) is 1. The average Bonchev–Trinajstić information content (AvgIpc) is 2.45. The van der Waals surface area contributed by atoms with Crippen LogP contribution in [0.3, 0.4) is 0 Å². The third-order valence-corrected chi connectivity index (χ3v) is 3.85. The monoisotopic (exact) mass is 224 g/mol. The molecule has 0 aromatic carbocycles. The Balaban J connectivity index is 2.22. The van der Waals surface area contributed by atoms with E-state index in [-0.39, 0.29) is 6.04 Å². The molecule has 0 fully saturated rings. The summed E-state index contributed by atoms with van der Waals surface area (Å²) in [5, 5.41) is 1.27. The van der Waals surface area contributed by atoms with Crippen molar-refractivity contribution >= 4 is 11.3 Å². The highest BCUT2D eigenvalue weighted by Crippen LogP contribution is 2.34. The van der Waals surface area contributed by atoms with E-state index in [1.54, 1.807) is 0 Å². The summed E-state index contributed by atoms with van der Waals surface area (Å²) in [4.78, 5) is 6.15. The Morgan fingerprint density at radius 1 is 1.47 bits per heavy atom. The van der Waals surface area contributed by atoms with E-state index in [9.17, 15) is 0 Å². The molecule has 0 radical (unpaired) electrons. The summed E-state index contributed by atoms with van der Waals surface area (Å²) >= 11 is 1.87. The van der Waals surface area contributed by atoms with E-state index in [1.165, 1.54) is 28.4 Å². The standard InChI is InChI=1S/C12H20N2S/c1-12(2,3)7-10-14-11-8(13)5-4-6-9(11)15-10/h8H,4-7,13H2,1-3H3. The van der Waals surface area contributed by atoms with Crippen molar-refractivity contribution in [2.75, 3.05) is 0 Å². The van der Waals surface area contributed by atoms with Gasteiger partial charge in [0.1, 0.15) is 0 Å². The first-order chi connectivity index (χ1) is 6.96. The molecule has 1 aliphatic carbocycles. The van der Waals surface area contributed by atoms with Gasteiger partial charge in [0.25, 0.3) is 0 Å². The SMILES string of the molecule is CC(C)(C)Cc1nc2c(s1)CCCC2N. The maximum absolute atomic E-state index is 6.07. The second-order valence-electron chi connectivity index (χ2n) is 5.65. The van der Waals surface area contributed by atoms with Gasteiger partial charge in [-0.3, -0.25) is 0 Å². The lowest BCUT2D eigenvalue weighted by Crippen LogP contribution is -2.16. The van der Waals surface area contributed by atoms with Crippen LogP contribution in [-0.4, -0.2) is 4.98 Å². The summed E-state index contributed by atoms with van der Waals surface area (Å²) in [6.07, 6.45) is 4.58.